The fourth-order valence-corrected chi connectivity index (χ4v) is 5.06. The van der Waals surface area contributed by atoms with Crippen LogP contribution in [0.25, 0.3) is 0 Å². The summed E-state index contributed by atoms with van der Waals surface area (Å²) in [5.41, 5.74) is 6.20. The fourth-order valence-electron chi connectivity index (χ4n) is 5.06. The maximum Gasteiger partial charge on any atom is 0.256 e. The van der Waals surface area contributed by atoms with E-state index >= 15 is 0 Å². The molecule has 1 aliphatic heterocycles. The minimum absolute atomic E-state index is 0.241. The predicted octanol–water partition coefficient (Wildman–Crippen LogP) is 5.21. The second-order valence-electron chi connectivity index (χ2n) is 11.4. The molecule has 5 rings (SSSR count). The molecule has 0 aliphatic carbocycles. The SMILES string of the molecule is C=CC(=O)Nc1cccc(Nc2ncc(NC(=O)c3cc(NC(=O)c4ccc(CN5CCN(C)CC5)c(C)c4)ccc3C)cn2)c1. The summed E-state index contributed by atoms with van der Waals surface area (Å²) >= 11 is 0. The molecule has 3 amide bonds. The van der Waals surface area contributed by atoms with E-state index in [0.717, 1.165) is 43.9 Å². The molecule has 46 heavy (non-hydrogen) atoms. The van der Waals surface area contributed by atoms with Gasteiger partial charge in [-0.3, -0.25) is 19.3 Å². The van der Waals surface area contributed by atoms with Crippen molar-refractivity contribution in [1.82, 2.24) is 19.8 Å². The van der Waals surface area contributed by atoms with Crippen molar-refractivity contribution in [2.75, 3.05) is 54.5 Å². The van der Waals surface area contributed by atoms with Crippen molar-refractivity contribution in [3.05, 3.63) is 114 Å². The summed E-state index contributed by atoms with van der Waals surface area (Å²) < 4.78 is 0. The molecule has 3 aromatic carbocycles. The smallest absolute Gasteiger partial charge is 0.256 e. The molecule has 1 aliphatic rings. The van der Waals surface area contributed by atoms with Crippen molar-refractivity contribution in [3.63, 3.8) is 0 Å². The lowest BCUT2D eigenvalue weighted by Gasteiger charge is -2.32. The summed E-state index contributed by atoms with van der Waals surface area (Å²) in [5, 5.41) is 11.5. The van der Waals surface area contributed by atoms with Crippen LogP contribution in [0, 0.1) is 13.8 Å². The number of rotatable bonds is 10. The molecule has 236 valence electrons. The van der Waals surface area contributed by atoms with E-state index in [-0.39, 0.29) is 17.7 Å². The third kappa shape index (κ3) is 8.40. The van der Waals surface area contributed by atoms with Gasteiger partial charge in [0.2, 0.25) is 11.9 Å². The Labute approximate surface area is 268 Å². The van der Waals surface area contributed by atoms with E-state index in [0.29, 0.717) is 39.8 Å². The number of aromatic nitrogens is 2. The second kappa shape index (κ2) is 14.6. The third-order valence-corrected chi connectivity index (χ3v) is 7.82. The van der Waals surface area contributed by atoms with E-state index in [2.05, 4.69) is 54.7 Å². The monoisotopic (exact) mass is 618 g/mol. The highest BCUT2D eigenvalue weighted by Gasteiger charge is 2.17. The van der Waals surface area contributed by atoms with Crippen molar-refractivity contribution < 1.29 is 14.4 Å². The first-order chi connectivity index (χ1) is 22.2. The van der Waals surface area contributed by atoms with Crippen LogP contribution in [0.15, 0.2) is 85.7 Å². The zero-order valence-electron chi connectivity index (χ0n) is 26.3. The Balaban J connectivity index is 1.19. The van der Waals surface area contributed by atoms with Gasteiger partial charge < -0.3 is 26.2 Å². The molecule has 1 fully saturated rings. The van der Waals surface area contributed by atoms with E-state index in [1.165, 1.54) is 24.0 Å². The molecule has 1 aromatic heterocycles. The zero-order valence-corrected chi connectivity index (χ0v) is 26.3. The molecule has 2 heterocycles. The lowest BCUT2D eigenvalue weighted by molar-refractivity contribution is -0.111. The highest BCUT2D eigenvalue weighted by molar-refractivity contribution is 6.08. The minimum Gasteiger partial charge on any atom is -0.324 e. The molecule has 11 heteroatoms. The Morgan fingerprint density at radius 1 is 0.783 bits per heavy atom. The molecule has 0 radical (unpaired) electrons. The first kappa shape index (κ1) is 32.0. The molecule has 0 saturated carbocycles. The molecule has 0 atom stereocenters. The largest absolute Gasteiger partial charge is 0.324 e. The van der Waals surface area contributed by atoms with E-state index in [1.807, 2.05) is 38.1 Å². The molecule has 11 nitrogen and oxygen atoms in total. The summed E-state index contributed by atoms with van der Waals surface area (Å²) in [6, 6.07) is 18.1. The number of amides is 3. The van der Waals surface area contributed by atoms with Crippen LogP contribution < -0.4 is 21.3 Å². The molecule has 1 saturated heterocycles. The van der Waals surface area contributed by atoms with Gasteiger partial charge in [0.1, 0.15) is 0 Å². The minimum atomic E-state index is -0.354. The number of hydrogen-bond acceptors (Lipinski definition) is 8. The highest BCUT2D eigenvalue weighted by Crippen LogP contribution is 2.21. The number of benzene rings is 3. The lowest BCUT2D eigenvalue weighted by Crippen LogP contribution is -2.43. The molecule has 0 bridgehead atoms. The fraction of sp³-hybridized carbons (Fsp3) is 0.229. The standard InChI is InChI=1S/C35H38N8O3/c1-5-32(44)38-27-7-6-8-28(18-27)41-35-36-20-30(21-37-35)40-34(46)31-19-29(12-9-23(31)2)39-33(45)25-10-11-26(24(3)17-25)22-43-15-13-42(4)14-16-43/h5-12,17-21H,1,13-16,22H2,2-4H3,(H,38,44)(H,39,45)(H,40,46)(H,36,37,41). The van der Waals surface area contributed by atoms with Gasteiger partial charge in [0, 0.05) is 60.9 Å². The normalized spacial score (nSPS) is 13.5. The predicted molar refractivity (Wildman–Crippen MR) is 182 cm³/mol. The number of carbonyl (C=O) groups excluding carboxylic acids is 3. The van der Waals surface area contributed by atoms with E-state index in [9.17, 15) is 14.4 Å². The van der Waals surface area contributed by atoms with Gasteiger partial charge in [-0.1, -0.05) is 24.8 Å². The Morgan fingerprint density at radius 3 is 2.20 bits per heavy atom. The van der Waals surface area contributed by atoms with Crippen LogP contribution in [-0.4, -0.2) is 70.7 Å². The number of piperazine rings is 1. The average molecular weight is 619 g/mol. The van der Waals surface area contributed by atoms with Crippen molar-refractivity contribution in [3.8, 4) is 0 Å². The van der Waals surface area contributed by atoms with Gasteiger partial charge in [-0.25, -0.2) is 9.97 Å². The van der Waals surface area contributed by atoms with Crippen LogP contribution in [0.4, 0.5) is 28.7 Å². The lowest BCUT2D eigenvalue weighted by atomic mass is 10.0. The Morgan fingerprint density at radius 2 is 1.48 bits per heavy atom. The summed E-state index contributed by atoms with van der Waals surface area (Å²) in [7, 11) is 2.14. The van der Waals surface area contributed by atoms with Crippen LogP contribution in [-0.2, 0) is 11.3 Å². The second-order valence-corrected chi connectivity index (χ2v) is 11.4. The van der Waals surface area contributed by atoms with Gasteiger partial charge in [-0.2, -0.15) is 0 Å². The number of nitrogens with zero attached hydrogens (tertiary/aromatic N) is 4. The van der Waals surface area contributed by atoms with Crippen molar-refractivity contribution in [1.29, 1.82) is 0 Å². The number of aryl methyl sites for hydroxylation is 2. The Bertz CT molecular complexity index is 1750. The van der Waals surface area contributed by atoms with Gasteiger partial charge in [0.25, 0.3) is 11.8 Å². The van der Waals surface area contributed by atoms with E-state index < -0.39 is 0 Å². The molecular weight excluding hydrogens is 580 g/mol. The van der Waals surface area contributed by atoms with Crippen LogP contribution in [0.1, 0.15) is 37.4 Å². The maximum absolute atomic E-state index is 13.2. The number of hydrogen-bond donors (Lipinski definition) is 4. The third-order valence-electron chi connectivity index (χ3n) is 7.82. The molecule has 4 aromatic rings. The highest BCUT2D eigenvalue weighted by atomic mass is 16.2. The van der Waals surface area contributed by atoms with E-state index in [4.69, 9.17) is 0 Å². The van der Waals surface area contributed by atoms with Crippen LogP contribution in [0.2, 0.25) is 0 Å². The first-order valence-corrected chi connectivity index (χ1v) is 15.0. The average Bonchev–Trinajstić information content (AvgIpc) is 3.05. The number of likely N-dealkylation sites (N-methyl/N-ethyl adjacent to an activating group) is 1. The van der Waals surface area contributed by atoms with Gasteiger partial charge in [-0.05, 0) is 86.1 Å². The first-order valence-electron chi connectivity index (χ1n) is 15.0. The molecule has 0 unspecified atom stereocenters. The topological polar surface area (TPSA) is 132 Å². The van der Waals surface area contributed by atoms with Crippen LogP contribution in [0.5, 0.6) is 0 Å². The summed E-state index contributed by atoms with van der Waals surface area (Å²) in [4.78, 5) is 51.2. The number of anilines is 5. The summed E-state index contributed by atoms with van der Waals surface area (Å²) in [5.74, 6) is -0.593. The van der Waals surface area contributed by atoms with Crippen molar-refractivity contribution in [2.24, 2.45) is 0 Å². The zero-order chi connectivity index (χ0) is 32.6. The maximum atomic E-state index is 13.2. The molecular formula is C35H38N8O3. The summed E-state index contributed by atoms with van der Waals surface area (Å²) in [6.45, 7) is 12.4. The number of carbonyl (C=O) groups is 3. The molecule has 4 N–H and O–H groups in total. The van der Waals surface area contributed by atoms with Gasteiger partial charge in [0.05, 0.1) is 18.1 Å². The Kier molecular flexibility index (Phi) is 10.2. The van der Waals surface area contributed by atoms with Gasteiger partial charge in [0.15, 0.2) is 0 Å². The van der Waals surface area contributed by atoms with Gasteiger partial charge in [-0.15, -0.1) is 0 Å². The van der Waals surface area contributed by atoms with Crippen molar-refractivity contribution >= 4 is 46.4 Å². The van der Waals surface area contributed by atoms with Crippen LogP contribution in [0.3, 0.4) is 0 Å². The molecule has 0 spiro atoms. The number of nitrogens with one attached hydrogen (secondary N) is 4. The summed E-state index contributed by atoms with van der Waals surface area (Å²) in [6.07, 6.45) is 4.18. The Hall–Kier alpha value is -5.39. The van der Waals surface area contributed by atoms with Crippen LogP contribution >= 0.6 is 0 Å². The van der Waals surface area contributed by atoms with Crippen molar-refractivity contribution in [2.45, 2.75) is 20.4 Å². The van der Waals surface area contributed by atoms with Gasteiger partial charge >= 0.3 is 0 Å². The van der Waals surface area contributed by atoms with E-state index in [1.54, 1.807) is 36.4 Å². The quantitative estimate of drug-likeness (QED) is 0.178.